The van der Waals surface area contributed by atoms with Crippen molar-refractivity contribution in [2.45, 2.75) is 31.1 Å². The molecule has 160 valence electrons. The second-order valence-electron chi connectivity index (χ2n) is 7.08. The topological polar surface area (TPSA) is 92.8 Å². The average Bonchev–Trinajstić information content (AvgIpc) is 2.74. The van der Waals surface area contributed by atoms with Gasteiger partial charge in [0.15, 0.2) is 6.61 Å². The number of nitrogens with zero attached hydrogens (tertiary/aromatic N) is 1. The minimum Gasteiger partial charge on any atom is -0.452 e. The summed E-state index contributed by atoms with van der Waals surface area (Å²) in [6.07, 6.45) is 2.67. The number of hydrogen-bond donors (Lipinski definition) is 1. The zero-order valence-corrected chi connectivity index (χ0v) is 19.5. The Kier molecular flexibility index (Phi) is 7.48. The summed E-state index contributed by atoms with van der Waals surface area (Å²) in [7, 11) is -3.68. The molecule has 1 saturated heterocycles. The Balaban J connectivity index is 1.67. The molecule has 9 heteroatoms. The number of nitrogens with one attached hydrogen (secondary N) is 1. The Labute approximate surface area is 190 Å². The minimum absolute atomic E-state index is 0.0956. The number of piperidine rings is 1. The lowest BCUT2D eigenvalue weighted by molar-refractivity contribution is -0.119. The number of ether oxygens (including phenoxy) is 1. The van der Waals surface area contributed by atoms with Gasteiger partial charge >= 0.3 is 5.97 Å². The third-order valence-corrected chi connectivity index (χ3v) is 7.58. The number of amides is 1. The van der Waals surface area contributed by atoms with Crippen LogP contribution in [0.3, 0.4) is 0 Å². The Morgan fingerprint density at radius 1 is 1.07 bits per heavy atom. The Bertz CT molecular complexity index is 1030. The molecule has 1 aliphatic rings. The van der Waals surface area contributed by atoms with Gasteiger partial charge in [-0.15, -0.1) is 0 Å². The summed E-state index contributed by atoms with van der Waals surface area (Å²) in [6.45, 7) is 2.19. The highest BCUT2D eigenvalue weighted by molar-refractivity contribution is 14.1. The Morgan fingerprint density at radius 3 is 2.40 bits per heavy atom. The quantitative estimate of drug-likeness (QED) is 0.445. The molecule has 0 saturated carbocycles. The maximum atomic E-state index is 13.0. The van der Waals surface area contributed by atoms with Gasteiger partial charge < -0.3 is 10.1 Å². The lowest BCUT2D eigenvalue weighted by Gasteiger charge is -2.26. The van der Waals surface area contributed by atoms with E-state index in [2.05, 4.69) is 27.9 Å². The van der Waals surface area contributed by atoms with Crippen LogP contribution in [0.1, 0.15) is 35.2 Å². The number of esters is 1. The van der Waals surface area contributed by atoms with Crippen LogP contribution in [0.25, 0.3) is 0 Å². The Morgan fingerprint density at radius 2 is 1.73 bits per heavy atom. The lowest BCUT2D eigenvalue weighted by atomic mass is 10.1. The molecule has 1 fully saturated rings. The van der Waals surface area contributed by atoms with E-state index in [9.17, 15) is 18.0 Å². The molecule has 0 unspecified atom stereocenters. The van der Waals surface area contributed by atoms with Crippen LogP contribution in [-0.2, 0) is 19.6 Å². The molecule has 2 aromatic rings. The first-order valence-electron chi connectivity index (χ1n) is 9.61. The third-order valence-electron chi connectivity index (χ3n) is 4.82. The Hall–Kier alpha value is -1.98. The maximum Gasteiger partial charge on any atom is 0.338 e. The highest BCUT2D eigenvalue weighted by atomic mass is 127. The molecule has 0 atom stereocenters. The number of hydrogen-bond acceptors (Lipinski definition) is 5. The van der Waals surface area contributed by atoms with Crippen molar-refractivity contribution in [2.24, 2.45) is 0 Å². The number of benzene rings is 2. The summed E-state index contributed by atoms with van der Waals surface area (Å²) in [6, 6.07) is 11.6. The van der Waals surface area contributed by atoms with Crippen molar-refractivity contribution in [1.29, 1.82) is 0 Å². The number of aryl methyl sites for hydroxylation is 1. The van der Waals surface area contributed by atoms with Crippen molar-refractivity contribution in [3.05, 3.63) is 57.2 Å². The highest BCUT2D eigenvalue weighted by Gasteiger charge is 2.28. The SMILES string of the molecule is Cc1ccc(C(=O)OCC(=O)Nc2ccc(I)cc2)cc1S(=O)(=O)N1CCCCC1. The highest BCUT2D eigenvalue weighted by Crippen LogP contribution is 2.24. The molecule has 0 bridgehead atoms. The molecular formula is C21H23IN2O5S. The van der Waals surface area contributed by atoms with Gasteiger partial charge in [-0.05, 0) is 84.3 Å². The van der Waals surface area contributed by atoms with Gasteiger partial charge in [0.25, 0.3) is 5.91 Å². The zero-order valence-electron chi connectivity index (χ0n) is 16.6. The largest absolute Gasteiger partial charge is 0.452 e. The number of sulfonamides is 1. The van der Waals surface area contributed by atoms with Crippen LogP contribution < -0.4 is 5.32 Å². The first-order valence-corrected chi connectivity index (χ1v) is 12.1. The van der Waals surface area contributed by atoms with Gasteiger partial charge in [-0.2, -0.15) is 4.31 Å². The first-order chi connectivity index (χ1) is 14.3. The van der Waals surface area contributed by atoms with Crippen molar-refractivity contribution in [1.82, 2.24) is 4.31 Å². The minimum atomic E-state index is -3.68. The molecule has 1 heterocycles. The van der Waals surface area contributed by atoms with Gasteiger partial charge in [0.2, 0.25) is 10.0 Å². The molecule has 1 aliphatic heterocycles. The summed E-state index contributed by atoms with van der Waals surface area (Å²) in [5.41, 5.74) is 1.26. The molecule has 3 rings (SSSR count). The van der Waals surface area contributed by atoms with E-state index < -0.39 is 28.5 Å². The van der Waals surface area contributed by atoms with Gasteiger partial charge in [0, 0.05) is 22.3 Å². The summed E-state index contributed by atoms with van der Waals surface area (Å²) >= 11 is 2.16. The average molecular weight is 542 g/mol. The molecular weight excluding hydrogens is 519 g/mol. The van der Waals surface area contributed by atoms with E-state index in [1.165, 1.54) is 16.4 Å². The molecule has 0 radical (unpaired) electrons. The van der Waals surface area contributed by atoms with Gasteiger partial charge in [-0.3, -0.25) is 4.79 Å². The molecule has 7 nitrogen and oxygen atoms in total. The van der Waals surface area contributed by atoms with E-state index in [1.807, 2.05) is 12.1 Å². The van der Waals surface area contributed by atoms with Gasteiger partial charge in [-0.25, -0.2) is 13.2 Å². The maximum absolute atomic E-state index is 13.0. The number of carbonyl (C=O) groups is 2. The fourth-order valence-electron chi connectivity index (χ4n) is 3.19. The van der Waals surface area contributed by atoms with E-state index in [0.717, 1.165) is 22.8 Å². The third kappa shape index (κ3) is 5.58. The molecule has 1 amide bonds. The second kappa shape index (κ2) is 9.88. The van der Waals surface area contributed by atoms with Crippen LogP contribution in [0.2, 0.25) is 0 Å². The van der Waals surface area contributed by atoms with E-state index in [1.54, 1.807) is 25.1 Å². The summed E-state index contributed by atoms with van der Waals surface area (Å²) < 4.78 is 33.5. The monoisotopic (exact) mass is 542 g/mol. The zero-order chi connectivity index (χ0) is 21.7. The van der Waals surface area contributed by atoms with Crippen molar-refractivity contribution in [3.63, 3.8) is 0 Å². The van der Waals surface area contributed by atoms with Crippen LogP contribution in [0.5, 0.6) is 0 Å². The van der Waals surface area contributed by atoms with Crippen LogP contribution in [-0.4, -0.2) is 44.3 Å². The van der Waals surface area contributed by atoms with E-state index in [-0.39, 0.29) is 10.5 Å². The van der Waals surface area contributed by atoms with Gasteiger partial charge in [-0.1, -0.05) is 12.5 Å². The van der Waals surface area contributed by atoms with E-state index in [4.69, 9.17) is 4.74 Å². The van der Waals surface area contributed by atoms with Crippen LogP contribution >= 0.6 is 22.6 Å². The van der Waals surface area contributed by atoms with Crippen molar-refractivity contribution in [2.75, 3.05) is 25.0 Å². The van der Waals surface area contributed by atoms with E-state index >= 15 is 0 Å². The number of rotatable bonds is 6. The predicted octanol–water partition coefficient (Wildman–Crippen LogP) is 3.57. The predicted molar refractivity (Wildman–Crippen MR) is 122 cm³/mol. The molecule has 0 aromatic heterocycles. The first kappa shape index (κ1) is 22.7. The van der Waals surface area contributed by atoms with Crippen molar-refractivity contribution < 1.29 is 22.7 Å². The fraction of sp³-hybridized carbons (Fsp3) is 0.333. The van der Waals surface area contributed by atoms with Gasteiger partial charge in [0.1, 0.15) is 0 Å². The number of carbonyl (C=O) groups excluding carboxylic acids is 2. The molecule has 30 heavy (non-hydrogen) atoms. The van der Waals surface area contributed by atoms with Crippen LogP contribution in [0.4, 0.5) is 5.69 Å². The molecule has 1 N–H and O–H groups in total. The number of halogens is 1. The summed E-state index contributed by atoms with van der Waals surface area (Å²) in [5.74, 6) is -1.22. The van der Waals surface area contributed by atoms with Crippen LogP contribution in [0, 0.1) is 10.5 Å². The summed E-state index contributed by atoms with van der Waals surface area (Å²) in [4.78, 5) is 24.5. The van der Waals surface area contributed by atoms with Crippen molar-refractivity contribution >= 4 is 50.2 Å². The normalized spacial score (nSPS) is 14.9. The smallest absolute Gasteiger partial charge is 0.338 e. The summed E-state index contributed by atoms with van der Waals surface area (Å²) in [5, 5.41) is 2.64. The van der Waals surface area contributed by atoms with E-state index in [0.29, 0.717) is 24.3 Å². The van der Waals surface area contributed by atoms with Crippen molar-refractivity contribution in [3.8, 4) is 0 Å². The van der Waals surface area contributed by atoms with Gasteiger partial charge in [0.05, 0.1) is 10.5 Å². The van der Waals surface area contributed by atoms with Crippen LogP contribution in [0.15, 0.2) is 47.4 Å². The second-order valence-corrected chi connectivity index (χ2v) is 10.2. The molecule has 2 aromatic carbocycles. The fourth-order valence-corrected chi connectivity index (χ4v) is 5.32. The lowest BCUT2D eigenvalue weighted by Crippen LogP contribution is -2.36. The number of anilines is 1. The molecule has 0 aliphatic carbocycles. The standard InChI is InChI=1S/C21H23IN2O5S/c1-15-5-6-16(13-19(15)30(27,28)24-11-3-2-4-12-24)21(26)29-14-20(25)23-18-9-7-17(22)8-10-18/h5-10,13H,2-4,11-12,14H2,1H3,(H,23,25). The molecule has 0 spiro atoms.